The Morgan fingerprint density at radius 2 is 2.29 bits per heavy atom. The van der Waals surface area contributed by atoms with E-state index in [2.05, 4.69) is 0 Å². The van der Waals surface area contributed by atoms with Crippen molar-refractivity contribution in [1.82, 2.24) is 4.57 Å². The molecule has 0 saturated heterocycles. The molecule has 14 heavy (non-hydrogen) atoms. The Bertz CT molecular complexity index is 517. The summed E-state index contributed by atoms with van der Waals surface area (Å²) in [6.07, 6.45) is 0. The zero-order valence-electron chi connectivity index (χ0n) is 7.37. The molecule has 0 saturated carbocycles. The molecule has 0 bridgehead atoms. The van der Waals surface area contributed by atoms with E-state index in [-0.39, 0.29) is 10.7 Å². The van der Waals surface area contributed by atoms with E-state index in [4.69, 9.17) is 5.73 Å². The summed E-state index contributed by atoms with van der Waals surface area (Å²) in [6, 6.07) is 4.33. The van der Waals surface area contributed by atoms with Crippen LogP contribution in [0.3, 0.4) is 0 Å². The zero-order valence-corrected chi connectivity index (χ0v) is 8.18. The maximum Gasteiger partial charge on any atom is 0.308 e. The SMILES string of the molecule is NCCn1c(=O)sc2cc(F)ccc21. The molecular weight excluding hydrogens is 203 g/mol. The van der Waals surface area contributed by atoms with Gasteiger partial charge in [-0.3, -0.25) is 9.36 Å². The lowest BCUT2D eigenvalue weighted by atomic mass is 10.3. The Kier molecular flexibility index (Phi) is 2.35. The van der Waals surface area contributed by atoms with Crippen LogP contribution in [0.15, 0.2) is 23.0 Å². The third-order valence-electron chi connectivity index (χ3n) is 1.98. The van der Waals surface area contributed by atoms with Crippen LogP contribution in [-0.4, -0.2) is 11.1 Å². The quantitative estimate of drug-likeness (QED) is 0.812. The Morgan fingerprint density at radius 3 is 3.00 bits per heavy atom. The number of aromatic nitrogens is 1. The summed E-state index contributed by atoms with van der Waals surface area (Å²) < 4.78 is 15.1. The van der Waals surface area contributed by atoms with E-state index in [1.807, 2.05) is 0 Å². The van der Waals surface area contributed by atoms with Gasteiger partial charge in [0.15, 0.2) is 0 Å². The van der Waals surface area contributed by atoms with Gasteiger partial charge < -0.3 is 5.73 Å². The van der Waals surface area contributed by atoms with E-state index in [0.29, 0.717) is 17.8 Å². The lowest BCUT2D eigenvalue weighted by Gasteiger charge is -1.99. The van der Waals surface area contributed by atoms with Crippen LogP contribution < -0.4 is 10.6 Å². The van der Waals surface area contributed by atoms with Crippen LogP contribution in [-0.2, 0) is 6.54 Å². The monoisotopic (exact) mass is 212 g/mol. The van der Waals surface area contributed by atoms with Crippen LogP contribution in [0.5, 0.6) is 0 Å². The summed E-state index contributed by atoms with van der Waals surface area (Å²) >= 11 is 1.04. The summed E-state index contributed by atoms with van der Waals surface area (Å²) in [6.45, 7) is 0.883. The first-order valence-electron chi connectivity index (χ1n) is 4.21. The fourth-order valence-electron chi connectivity index (χ4n) is 1.38. The van der Waals surface area contributed by atoms with Gasteiger partial charge in [-0.05, 0) is 18.2 Å². The highest BCUT2D eigenvalue weighted by atomic mass is 32.1. The Hall–Kier alpha value is -1.20. The number of halogens is 1. The van der Waals surface area contributed by atoms with Crippen molar-refractivity contribution in [3.8, 4) is 0 Å². The van der Waals surface area contributed by atoms with Crippen LogP contribution >= 0.6 is 11.3 Å². The zero-order chi connectivity index (χ0) is 10.1. The molecule has 0 aliphatic heterocycles. The van der Waals surface area contributed by atoms with Gasteiger partial charge >= 0.3 is 4.87 Å². The van der Waals surface area contributed by atoms with Gasteiger partial charge in [-0.2, -0.15) is 0 Å². The van der Waals surface area contributed by atoms with Gasteiger partial charge in [0.05, 0.1) is 10.2 Å². The molecule has 0 unspecified atom stereocenters. The van der Waals surface area contributed by atoms with E-state index < -0.39 is 0 Å². The minimum Gasteiger partial charge on any atom is -0.329 e. The van der Waals surface area contributed by atoms with Crippen LogP contribution in [0, 0.1) is 5.82 Å². The number of rotatable bonds is 2. The predicted molar refractivity (Wildman–Crippen MR) is 55.1 cm³/mol. The van der Waals surface area contributed by atoms with Crippen molar-refractivity contribution in [2.75, 3.05) is 6.54 Å². The molecular formula is C9H9FN2OS. The Balaban J connectivity index is 2.71. The fraction of sp³-hybridized carbons (Fsp3) is 0.222. The van der Waals surface area contributed by atoms with E-state index >= 15 is 0 Å². The molecule has 2 aromatic rings. The van der Waals surface area contributed by atoms with Crippen molar-refractivity contribution in [3.63, 3.8) is 0 Å². The van der Waals surface area contributed by atoms with Gasteiger partial charge in [-0.1, -0.05) is 11.3 Å². The van der Waals surface area contributed by atoms with E-state index in [0.717, 1.165) is 16.9 Å². The molecule has 0 aliphatic rings. The summed E-state index contributed by atoms with van der Waals surface area (Å²) in [5.41, 5.74) is 6.14. The summed E-state index contributed by atoms with van der Waals surface area (Å²) in [5, 5.41) is 0. The Morgan fingerprint density at radius 1 is 1.50 bits per heavy atom. The minimum absolute atomic E-state index is 0.0870. The highest BCUT2D eigenvalue weighted by molar-refractivity contribution is 7.16. The molecule has 1 heterocycles. The second-order valence-electron chi connectivity index (χ2n) is 2.92. The molecule has 2 rings (SSSR count). The molecule has 0 amide bonds. The van der Waals surface area contributed by atoms with E-state index in [9.17, 15) is 9.18 Å². The molecule has 2 N–H and O–H groups in total. The number of benzene rings is 1. The van der Waals surface area contributed by atoms with Gasteiger partial charge in [-0.15, -0.1) is 0 Å². The fourth-order valence-corrected chi connectivity index (χ4v) is 2.32. The molecule has 1 aromatic carbocycles. The average molecular weight is 212 g/mol. The molecule has 74 valence electrons. The predicted octanol–water partition coefficient (Wildman–Crippen LogP) is 1.16. The molecule has 3 nitrogen and oxygen atoms in total. The maximum atomic E-state index is 12.8. The molecule has 0 fully saturated rings. The Labute approximate surface area is 83.6 Å². The van der Waals surface area contributed by atoms with E-state index in [1.165, 1.54) is 12.1 Å². The standard InChI is InChI=1S/C9H9FN2OS/c10-6-1-2-7-8(5-6)14-9(13)12(7)4-3-11/h1-2,5H,3-4,11H2. The van der Waals surface area contributed by atoms with Crippen LogP contribution in [0.1, 0.15) is 0 Å². The largest absolute Gasteiger partial charge is 0.329 e. The maximum absolute atomic E-state index is 12.8. The van der Waals surface area contributed by atoms with Crippen LogP contribution in [0.4, 0.5) is 4.39 Å². The minimum atomic E-state index is -0.321. The third-order valence-corrected chi connectivity index (χ3v) is 2.92. The highest BCUT2D eigenvalue weighted by Gasteiger charge is 2.06. The lowest BCUT2D eigenvalue weighted by Crippen LogP contribution is -2.18. The second kappa shape index (κ2) is 3.51. The van der Waals surface area contributed by atoms with Gasteiger partial charge in [0.25, 0.3) is 0 Å². The number of fused-ring (bicyclic) bond motifs is 1. The number of thiazole rings is 1. The summed E-state index contributed by atoms with van der Waals surface area (Å²) in [4.78, 5) is 11.4. The normalized spacial score (nSPS) is 11.0. The first-order chi connectivity index (χ1) is 6.72. The number of hydrogen-bond donors (Lipinski definition) is 1. The van der Waals surface area contributed by atoms with Crippen molar-refractivity contribution in [3.05, 3.63) is 33.7 Å². The smallest absolute Gasteiger partial charge is 0.308 e. The number of hydrogen-bond acceptors (Lipinski definition) is 3. The first-order valence-corrected chi connectivity index (χ1v) is 5.03. The van der Waals surface area contributed by atoms with Gasteiger partial charge in [0.1, 0.15) is 5.82 Å². The van der Waals surface area contributed by atoms with Crippen molar-refractivity contribution >= 4 is 21.6 Å². The molecule has 0 atom stereocenters. The topological polar surface area (TPSA) is 48.0 Å². The van der Waals surface area contributed by atoms with Crippen molar-refractivity contribution in [2.24, 2.45) is 5.73 Å². The average Bonchev–Trinajstić information content (AvgIpc) is 2.43. The molecule has 5 heteroatoms. The molecule has 0 aliphatic carbocycles. The third kappa shape index (κ3) is 1.44. The van der Waals surface area contributed by atoms with Gasteiger partial charge in [-0.25, -0.2) is 4.39 Å². The van der Waals surface area contributed by atoms with Crippen molar-refractivity contribution in [1.29, 1.82) is 0 Å². The highest BCUT2D eigenvalue weighted by Crippen LogP contribution is 2.17. The molecule has 0 radical (unpaired) electrons. The molecule has 0 spiro atoms. The summed E-state index contributed by atoms with van der Waals surface area (Å²) in [5.74, 6) is -0.321. The second-order valence-corrected chi connectivity index (χ2v) is 3.91. The first kappa shape index (κ1) is 9.36. The van der Waals surface area contributed by atoms with E-state index in [1.54, 1.807) is 10.6 Å². The van der Waals surface area contributed by atoms with Gasteiger partial charge in [0, 0.05) is 13.1 Å². The van der Waals surface area contributed by atoms with Crippen molar-refractivity contribution < 1.29 is 4.39 Å². The van der Waals surface area contributed by atoms with Crippen molar-refractivity contribution in [2.45, 2.75) is 6.54 Å². The van der Waals surface area contributed by atoms with Crippen LogP contribution in [0.2, 0.25) is 0 Å². The van der Waals surface area contributed by atoms with Crippen LogP contribution in [0.25, 0.3) is 10.2 Å². The number of nitrogens with two attached hydrogens (primary N) is 1. The summed E-state index contributed by atoms with van der Waals surface area (Å²) in [7, 11) is 0. The lowest BCUT2D eigenvalue weighted by molar-refractivity contribution is 0.629. The van der Waals surface area contributed by atoms with Gasteiger partial charge in [0.2, 0.25) is 0 Å². The number of nitrogens with zero attached hydrogens (tertiary/aromatic N) is 1. The molecule has 1 aromatic heterocycles.